The molecule has 0 aromatic heterocycles. The van der Waals surface area contributed by atoms with Gasteiger partial charge in [0.25, 0.3) is 0 Å². The zero-order valence-corrected chi connectivity index (χ0v) is 17.6. The number of rotatable bonds is 7. The van der Waals surface area contributed by atoms with Crippen LogP contribution in [0.5, 0.6) is 0 Å². The Morgan fingerprint density at radius 3 is 2.00 bits per heavy atom. The van der Waals surface area contributed by atoms with Crippen LogP contribution in [0.2, 0.25) is 0 Å². The van der Waals surface area contributed by atoms with Crippen molar-refractivity contribution < 1.29 is 4.79 Å². The number of allylic oxidation sites excluding steroid dienone is 3. The van der Waals surface area contributed by atoms with Gasteiger partial charge in [0.1, 0.15) is 0 Å². The minimum atomic E-state index is -0.274. The minimum Gasteiger partial charge on any atom is -0.273 e. The van der Waals surface area contributed by atoms with E-state index < -0.39 is 0 Å². The van der Waals surface area contributed by atoms with Crippen molar-refractivity contribution in [2.24, 2.45) is 11.0 Å². The van der Waals surface area contributed by atoms with Crippen LogP contribution in [0.4, 0.5) is 0 Å². The molecule has 1 N–H and O–H groups in total. The number of hydrogen-bond acceptors (Lipinski definition) is 2. The zero-order chi connectivity index (χ0) is 21.5. The summed E-state index contributed by atoms with van der Waals surface area (Å²) in [6.45, 7) is 1.88. The number of amides is 1. The lowest BCUT2D eigenvalue weighted by Crippen LogP contribution is -2.26. The highest BCUT2D eigenvalue weighted by Gasteiger charge is 2.60. The molecule has 0 bridgehead atoms. The van der Waals surface area contributed by atoms with Gasteiger partial charge in [0.05, 0.1) is 11.6 Å². The lowest BCUT2D eigenvalue weighted by atomic mass is 9.85. The molecule has 0 radical (unpaired) electrons. The quantitative estimate of drug-likeness (QED) is 0.303. The van der Waals surface area contributed by atoms with Crippen LogP contribution in [0.3, 0.4) is 0 Å². The summed E-state index contributed by atoms with van der Waals surface area (Å²) in [6, 6.07) is 30.7. The van der Waals surface area contributed by atoms with Crippen LogP contribution in [-0.2, 0) is 10.2 Å². The van der Waals surface area contributed by atoms with Crippen molar-refractivity contribution in [2.75, 3.05) is 0 Å². The first kappa shape index (κ1) is 20.5. The number of carbonyl (C=O) groups excluding carboxylic acids is 1. The Kier molecular flexibility index (Phi) is 6.23. The molecule has 0 heterocycles. The average Bonchev–Trinajstić information content (AvgIpc) is 3.59. The molecule has 31 heavy (non-hydrogen) atoms. The van der Waals surface area contributed by atoms with Crippen molar-refractivity contribution in [3.63, 3.8) is 0 Å². The second-order valence-corrected chi connectivity index (χ2v) is 7.82. The first-order valence-electron chi connectivity index (χ1n) is 10.5. The molecule has 3 aromatic rings. The van der Waals surface area contributed by atoms with E-state index in [1.807, 2.05) is 98.0 Å². The molecule has 1 aliphatic rings. The number of hydrazone groups is 1. The standard InChI is InChI=1S/C28H26N2O/c1-22(13-11-12-16-23-14-5-2-6-15-23)29-30-27(31)26-21-28(26,24-17-7-3-8-18-24)25-19-9-4-10-20-25/h2-20,26H,21H2,1H3,(H,30,31)/b13-11-,16-12+,29-22-/t26-/m1/s1. The maximum absolute atomic E-state index is 12.9. The van der Waals surface area contributed by atoms with Gasteiger partial charge in [0, 0.05) is 5.41 Å². The van der Waals surface area contributed by atoms with Gasteiger partial charge in [-0.2, -0.15) is 5.10 Å². The molecule has 1 aliphatic carbocycles. The second-order valence-electron chi connectivity index (χ2n) is 7.82. The van der Waals surface area contributed by atoms with E-state index in [1.54, 1.807) is 0 Å². The molecule has 0 saturated heterocycles. The van der Waals surface area contributed by atoms with Gasteiger partial charge in [-0.05, 0) is 36.1 Å². The smallest absolute Gasteiger partial charge is 0.244 e. The predicted octanol–water partition coefficient (Wildman–Crippen LogP) is 5.75. The molecule has 0 unspecified atom stereocenters. The summed E-state index contributed by atoms with van der Waals surface area (Å²) >= 11 is 0. The third-order valence-corrected chi connectivity index (χ3v) is 5.73. The summed E-state index contributed by atoms with van der Waals surface area (Å²) in [6.07, 6.45) is 8.59. The molecule has 1 atom stereocenters. The van der Waals surface area contributed by atoms with Gasteiger partial charge < -0.3 is 0 Å². The molecule has 1 fully saturated rings. The summed E-state index contributed by atoms with van der Waals surface area (Å²) in [4.78, 5) is 12.9. The summed E-state index contributed by atoms with van der Waals surface area (Å²) in [5.41, 5.74) is 6.73. The van der Waals surface area contributed by atoms with E-state index in [2.05, 4.69) is 34.8 Å². The Bertz CT molecular complexity index is 1060. The molecule has 154 valence electrons. The lowest BCUT2D eigenvalue weighted by molar-refractivity contribution is -0.122. The minimum absolute atomic E-state index is 0.0414. The Morgan fingerprint density at radius 2 is 1.42 bits per heavy atom. The maximum Gasteiger partial charge on any atom is 0.244 e. The van der Waals surface area contributed by atoms with Gasteiger partial charge in [0.2, 0.25) is 5.91 Å². The lowest BCUT2D eigenvalue weighted by Gasteiger charge is -2.18. The summed E-state index contributed by atoms with van der Waals surface area (Å²) in [7, 11) is 0. The van der Waals surface area contributed by atoms with Crippen LogP contribution in [0.1, 0.15) is 30.0 Å². The molecular formula is C28H26N2O. The first-order valence-corrected chi connectivity index (χ1v) is 10.5. The molecule has 3 nitrogen and oxygen atoms in total. The number of hydrogen-bond donors (Lipinski definition) is 1. The zero-order valence-electron chi connectivity index (χ0n) is 17.6. The van der Waals surface area contributed by atoms with Crippen LogP contribution in [0.15, 0.2) is 114 Å². The third-order valence-electron chi connectivity index (χ3n) is 5.73. The van der Waals surface area contributed by atoms with Crippen molar-refractivity contribution in [1.82, 2.24) is 5.43 Å². The number of nitrogens with one attached hydrogen (secondary N) is 1. The number of nitrogens with zero attached hydrogens (tertiary/aromatic N) is 1. The third kappa shape index (κ3) is 4.72. The van der Waals surface area contributed by atoms with E-state index in [0.717, 1.165) is 17.7 Å². The second kappa shape index (κ2) is 9.40. The Hall–Kier alpha value is -3.72. The molecule has 1 saturated carbocycles. The van der Waals surface area contributed by atoms with Gasteiger partial charge in [-0.15, -0.1) is 0 Å². The van der Waals surface area contributed by atoms with E-state index in [-0.39, 0.29) is 17.2 Å². The van der Waals surface area contributed by atoms with E-state index >= 15 is 0 Å². The molecule has 1 amide bonds. The molecular weight excluding hydrogens is 380 g/mol. The summed E-state index contributed by atoms with van der Waals surface area (Å²) in [5.74, 6) is -0.170. The SMILES string of the molecule is CC(/C=C\C=C\c1ccccc1)=N/NC(=O)[C@H]1CC1(c1ccccc1)c1ccccc1. The topological polar surface area (TPSA) is 41.5 Å². The highest BCUT2D eigenvalue weighted by Crippen LogP contribution is 2.58. The summed E-state index contributed by atoms with van der Waals surface area (Å²) in [5, 5.41) is 4.28. The van der Waals surface area contributed by atoms with Crippen molar-refractivity contribution in [3.05, 3.63) is 126 Å². The van der Waals surface area contributed by atoms with Crippen molar-refractivity contribution in [1.29, 1.82) is 0 Å². The van der Waals surface area contributed by atoms with Crippen molar-refractivity contribution in [3.8, 4) is 0 Å². The first-order chi connectivity index (χ1) is 15.2. The highest BCUT2D eigenvalue weighted by atomic mass is 16.2. The monoisotopic (exact) mass is 406 g/mol. The van der Waals surface area contributed by atoms with Gasteiger partial charge in [-0.25, -0.2) is 5.43 Å². The molecule has 0 spiro atoms. The van der Waals surface area contributed by atoms with Crippen molar-refractivity contribution in [2.45, 2.75) is 18.8 Å². The largest absolute Gasteiger partial charge is 0.273 e. The van der Waals surface area contributed by atoms with Gasteiger partial charge in [-0.1, -0.05) is 109 Å². The predicted molar refractivity (Wildman–Crippen MR) is 128 cm³/mol. The van der Waals surface area contributed by atoms with Gasteiger partial charge in [0.15, 0.2) is 0 Å². The summed E-state index contributed by atoms with van der Waals surface area (Å²) < 4.78 is 0. The normalized spacial score (nSPS) is 17.7. The van der Waals surface area contributed by atoms with Crippen LogP contribution in [0, 0.1) is 5.92 Å². The number of carbonyl (C=O) groups is 1. The van der Waals surface area contributed by atoms with Crippen molar-refractivity contribution >= 4 is 17.7 Å². The van der Waals surface area contributed by atoms with Gasteiger partial charge in [-0.3, -0.25) is 4.79 Å². The fourth-order valence-corrected chi connectivity index (χ4v) is 4.04. The van der Waals surface area contributed by atoms with Gasteiger partial charge >= 0.3 is 0 Å². The number of benzene rings is 3. The van der Waals surface area contributed by atoms with Crippen LogP contribution >= 0.6 is 0 Å². The van der Waals surface area contributed by atoms with E-state index in [4.69, 9.17) is 0 Å². The maximum atomic E-state index is 12.9. The van der Waals surface area contributed by atoms with Crippen LogP contribution in [-0.4, -0.2) is 11.6 Å². The van der Waals surface area contributed by atoms with E-state index in [9.17, 15) is 4.79 Å². The molecule has 3 aromatic carbocycles. The Balaban J connectivity index is 1.42. The molecule has 4 rings (SSSR count). The van der Waals surface area contributed by atoms with Crippen LogP contribution < -0.4 is 5.43 Å². The molecule has 3 heteroatoms. The average molecular weight is 407 g/mol. The molecule has 0 aliphatic heterocycles. The van der Waals surface area contributed by atoms with E-state index in [0.29, 0.717) is 0 Å². The fraction of sp³-hybridized carbons (Fsp3) is 0.143. The van der Waals surface area contributed by atoms with E-state index in [1.165, 1.54) is 11.1 Å². The Morgan fingerprint density at radius 1 is 0.871 bits per heavy atom. The Labute approximate surface area is 183 Å². The van der Waals surface area contributed by atoms with Crippen LogP contribution in [0.25, 0.3) is 6.08 Å². The fourth-order valence-electron chi connectivity index (χ4n) is 4.04. The highest BCUT2D eigenvalue weighted by molar-refractivity contribution is 5.94.